The third kappa shape index (κ3) is 1.73. The molecule has 0 aliphatic carbocycles. The molecule has 2 heteroatoms. The normalized spacial score (nSPS) is 5.25. The first-order chi connectivity index (χ1) is 1.91. The van der Waals surface area contributed by atoms with Crippen LogP contribution in [0.2, 0.25) is 6.82 Å². The van der Waals surface area contributed by atoms with Crippen LogP contribution < -0.4 is 0 Å². The van der Waals surface area contributed by atoms with E-state index in [1.165, 1.54) is 0 Å². The lowest BCUT2D eigenvalue weighted by atomic mass is 9.86. The standard InChI is InChI=1S/C2H5BO/c1-3-2-4/h2-3H,1H3. The van der Waals surface area contributed by atoms with Gasteiger partial charge in [-0.15, -0.1) is 0 Å². The highest BCUT2D eigenvalue weighted by Crippen LogP contribution is 1.32. The highest BCUT2D eigenvalue weighted by molar-refractivity contribution is 6.65. The van der Waals surface area contributed by atoms with Crippen LogP contribution in [0.3, 0.4) is 0 Å². The van der Waals surface area contributed by atoms with Gasteiger partial charge in [0.15, 0.2) is 7.28 Å². The Morgan fingerprint density at radius 2 is 2.25 bits per heavy atom. The summed E-state index contributed by atoms with van der Waals surface area (Å²) < 4.78 is 0. The summed E-state index contributed by atoms with van der Waals surface area (Å²) in [6.07, 6.45) is 0.875. The van der Waals surface area contributed by atoms with Crippen molar-refractivity contribution in [1.82, 2.24) is 0 Å². The lowest BCUT2D eigenvalue weighted by Crippen LogP contribution is -1.75. The van der Waals surface area contributed by atoms with Gasteiger partial charge in [-0.2, -0.15) is 0 Å². The average Bonchev–Trinajstić information content (AvgIpc) is 1.37. The Balaban J connectivity index is 2.30. The van der Waals surface area contributed by atoms with Gasteiger partial charge >= 0.3 is 0 Å². The van der Waals surface area contributed by atoms with E-state index in [1.807, 2.05) is 6.82 Å². The molecule has 0 aromatic rings. The van der Waals surface area contributed by atoms with Crippen molar-refractivity contribution in [2.24, 2.45) is 0 Å². The minimum atomic E-state index is 0.639. The van der Waals surface area contributed by atoms with Crippen LogP contribution in [0.15, 0.2) is 0 Å². The van der Waals surface area contributed by atoms with Crippen molar-refractivity contribution in [3.8, 4) is 0 Å². The van der Waals surface area contributed by atoms with Gasteiger partial charge in [-0.05, 0) is 0 Å². The first kappa shape index (κ1) is 3.73. The predicted molar refractivity (Wildman–Crippen MR) is 19.8 cm³/mol. The van der Waals surface area contributed by atoms with Gasteiger partial charge in [0, 0.05) is 0 Å². The highest BCUT2D eigenvalue weighted by Gasteiger charge is 1.59. The maximum Gasteiger partial charge on any atom is 0.197 e. The van der Waals surface area contributed by atoms with Gasteiger partial charge in [0.1, 0.15) is 0 Å². The van der Waals surface area contributed by atoms with Crippen molar-refractivity contribution in [2.45, 2.75) is 6.82 Å². The van der Waals surface area contributed by atoms with E-state index in [-0.39, 0.29) is 0 Å². The van der Waals surface area contributed by atoms with Crippen LogP contribution in [-0.2, 0) is 4.79 Å². The van der Waals surface area contributed by atoms with E-state index in [2.05, 4.69) is 0 Å². The maximum atomic E-state index is 9.17. The van der Waals surface area contributed by atoms with Crippen molar-refractivity contribution >= 4 is 13.5 Å². The minimum Gasteiger partial charge on any atom is -0.315 e. The Bertz CT molecular complexity index is 20.0. The Morgan fingerprint density at radius 3 is 2.25 bits per heavy atom. The first-order valence-electron chi connectivity index (χ1n) is 1.35. The Morgan fingerprint density at radius 1 is 2.00 bits per heavy atom. The summed E-state index contributed by atoms with van der Waals surface area (Å²) in [6, 6.07) is 0. The summed E-state index contributed by atoms with van der Waals surface area (Å²) >= 11 is 0. The molecule has 22 valence electrons. The second-order valence-corrected chi connectivity index (χ2v) is 0.575. The van der Waals surface area contributed by atoms with E-state index in [4.69, 9.17) is 0 Å². The highest BCUT2D eigenvalue weighted by atomic mass is 16.1. The van der Waals surface area contributed by atoms with Gasteiger partial charge in [0.25, 0.3) is 0 Å². The summed E-state index contributed by atoms with van der Waals surface area (Å²) in [4.78, 5) is 9.17. The number of hydrogen-bond donors (Lipinski definition) is 0. The topological polar surface area (TPSA) is 17.1 Å². The molecule has 0 unspecified atom stereocenters. The van der Waals surface area contributed by atoms with Gasteiger partial charge in [-0.1, -0.05) is 6.82 Å². The summed E-state index contributed by atoms with van der Waals surface area (Å²) in [5, 5.41) is 0. The number of hydrogen-bond acceptors (Lipinski definition) is 1. The van der Waals surface area contributed by atoms with Crippen LogP contribution in [0, 0.1) is 0 Å². The lowest BCUT2D eigenvalue weighted by Gasteiger charge is -1.45. The van der Waals surface area contributed by atoms with Crippen molar-refractivity contribution in [3.63, 3.8) is 0 Å². The SMILES string of the molecule is CBC=O. The molecule has 0 bridgehead atoms. The minimum absolute atomic E-state index is 0.639. The third-order valence-corrected chi connectivity index (χ3v) is 0.167. The zero-order valence-corrected chi connectivity index (χ0v) is 2.69. The fraction of sp³-hybridized carbons (Fsp3) is 0.500. The molecule has 1 nitrogen and oxygen atoms in total. The van der Waals surface area contributed by atoms with Crippen molar-refractivity contribution < 1.29 is 4.79 Å². The number of carbonyl (C=O) groups is 1. The molecule has 0 aromatic carbocycles. The molecule has 0 rings (SSSR count). The van der Waals surface area contributed by atoms with E-state index < -0.39 is 0 Å². The summed E-state index contributed by atoms with van der Waals surface area (Å²) in [7, 11) is 0.639. The van der Waals surface area contributed by atoms with Crippen LogP contribution >= 0.6 is 0 Å². The first-order valence-corrected chi connectivity index (χ1v) is 1.35. The van der Waals surface area contributed by atoms with E-state index in [1.54, 1.807) is 0 Å². The fourth-order valence-corrected chi connectivity index (χ4v) is 0. The molecular formula is C2H5BO. The van der Waals surface area contributed by atoms with Gasteiger partial charge < -0.3 is 4.79 Å². The molecule has 0 aliphatic heterocycles. The third-order valence-electron chi connectivity index (χ3n) is 0.167. The molecule has 0 saturated carbocycles. The van der Waals surface area contributed by atoms with Gasteiger partial charge in [0.05, 0.1) is 6.19 Å². The molecule has 0 heterocycles. The lowest BCUT2D eigenvalue weighted by molar-refractivity contribution is 0.568. The number of rotatable bonds is 1. The predicted octanol–water partition coefficient (Wildman–Crippen LogP) is -0.339. The second kappa shape index (κ2) is 2.73. The summed E-state index contributed by atoms with van der Waals surface area (Å²) in [5.74, 6) is 0. The molecule has 0 radical (unpaired) electrons. The smallest absolute Gasteiger partial charge is 0.197 e. The molecule has 4 heavy (non-hydrogen) atoms. The van der Waals surface area contributed by atoms with Gasteiger partial charge in [-0.3, -0.25) is 0 Å². The van der Waals surface area contributed by atoms with Gasteiger partial charge in [-0.25, -0.2) is 0 Å². The van der Waals surface area contributed by atoms with Crippen LogP contribution in [0.5, 0.6) is 0 Å². The molecule has 0 atom stereocenters. The zero-order valence-electron chi connectivity index (χ0n) is 2.69. The van der Waals surface area contributed by atoms with Crippen molar-refractivity contribution in [1.29, 1.82) is 0 Å². The Kier molecular flexibility index (Phi) is 2.55. The van der Waals surface area contributed by atoms with E-state index in [0.29, 0.717) is 7.28 Å². The quantitative estimate of drug-likeness (QED) is 0.296. The largest absolute Gasteiger partial charge is 0.315 e. The maximum absolute atomic E-state index is 9.17. The van der Waals surface area contributed by atoms with Crippen LogP contribution in [0.4, 0.5) is 0 Å². The van der Waals surface area contributed by atoms with E-state index in [0.717, 1.165) is 6.19 Å². The summed E-state index contributed by atoms with van der Waals surface area (Å²) in [5.41, 5.74) is 0. The monoisotopic (exact) mass is 56.0 g/mol. The molecular weight excluding hydrogens is 50.8 g/mol. The number of carbonyl (C=O) groups excluding carboxylic acids is 1. The molecule has 0 amide bonds. The zero-order chi connectivity index (χ0) is 3.41. The molecule has 0 saturated heterocycles. The second-order valence-electron chi connectivity index (χ2n) is 0.575. The molecule has 0 aromatic heterocycles. The summed E-state index contributed by atoms with van der Waals surface area (Å²) in [6.45, 7) is 1.81. The van der Waals surface area contributed by atoms with E-state index in [9.17, 15) is 4.79 Å². The molecule has 0 N–H and O–H groups in total. The Labute approximate surface area is 26.3 Å². The van der Waals surface area contributed by atoms with E-state index >= 15 is 0 Å². The molecule has 0 spiro atoms. The fourth-order valence-electron chi connectivity index (χ4n) is 0. The molecule has 0 aliphatic rings. The van der Waals surface area contributed by atoms with Crippen LogP contribution in [0.1, 0.15) is 0 Å². The van der Waals surface area contributed by atoms with Crippen molar-refractivity contribution in [2.75, 3.05) is 0 Å². The van der Waals surface area contributed by atoms with Crippen LogP contribution in [-0.4, -0.2) is 13.5 Å². The van der Waals surface area contributed by atoms with Crippen molar-refractivity contribution in [3.05, 3.63) is 0 Å². The Hall–Kier alpha value is -0.265. The molecule has 0 fully saturated rings. The van der Waals surface area contributed by atoms with Gasteiger partial charge in [0.2, 0.25) is 0 Å². The van der Waals surface area contributed by atoms with Crippen LogP contribution in [0.25, 0.3) is 0 Å². The average molecular weight is 55.9 g/mol.